The van der Waals surface area contributed by atoms with Gasteiger partial charge in [-0.05, 0) is 44.2 Å². The zero-order valence-corrected chi connectivity index (χ0v) is 17.4. The van der Waals surface area contributed by atoms with Crippen LogP contribution < -0.4 is 4.31 Å². The van der Waals surface area contributed by atoms with E-state index in [0.717, 1.165) is 13.1 Å². The SMILES string of the molecule is CC(C)N1CCN(C(=O)c2cccc(S(=O)(=O)N(C)c3ccccc3)c2)CC1. The number of hydrogen-bond donors (Lipinski definition) is 0. The lowest BCUT2D eigenvalue weighted by atomic mass is 10.1. The first-order valence-electron chi connectivity index (χ1n) is 9.48. The van der Waals surface area contributed by atoms with Gasteiger partial charge in [-0.1, -0.05) is 24.3 Å². The predicted molar refractivity (Wildman–Crippen MR) is 111 cm³/mol. The Bertz CT molecular complexity index is 921. The standard InChI is InChI=1S/C21H27N3O3S/c1-17(2)23-12-14-24(15-13-23)21(25)18-8-7-11-20(16-18)28(26,27)22(3)19-9-5-4-6-10-19/h4-11,16-17H,12-15H2,1-3H3. The van der Waals surface area contributed by atoms with Crippen molar-refractivity contribution in [3.63, 3.8) is 0 Å². The fraction of sp³-hybridized carbons (Fsp3) is 0.381. The third kappa shape index (κ3) is 4.20. The zero-order valence-electron chi connectivity index (χ0n) is 16.6. The molecule has 1 aliphatic rings. The van der Waals surface area contributed by atoms with Crippen LogP contribution in [0.25, 0.3) is 0 Å². The van der Waals surface area contributed by atoms with Crippen molar-refractivity contribution < 1.29 is 13.2 Å². The number of nitrogens with zero attached hydrogens (tertiary/aromatic N) is 3. The van der Waals surface area contributed by atoms with Crippen molar-refractivity contribution in [2.75, 3.05) is 37.5 Å². The predicted octanol–water partition coefficient (Wildman–Crippen LogP) is 2.68. The maximum Gasteiger partial charge on any atom is 0.264 e. The van der Waals surface area contributed by atoms with E-state index in [9.17, 15) is 13.2 Å². The van der Waals surface area contributed by atoms with Gasteiger partial charge in [0, 0.05) is 44.8 Å². The third-order valence-electron chi connectivity index (χ3n) is 5.19. The Hall–Kier alpha value is -2.38. The van der Waals surface area contributed by atoms with E-state index >= 15 is 0 Å². The average molecular weight is 402 g/mol. The van der Waals surface area contributed by atoms with Gasteiger partial charge >= 0.3 is 0 Å². The smallest absolute Gasteiger partial charge is 0.264 e. The molecule has 1 fully saturated rings. The minimum atomic E-state index is -3.74. The first-order chi connectivity index (χ1) is 13.3. The fourth-order valence-corrected chi connectivity index (χ4v) is 4.59. The summed E-state index contributed by atoms with van der Waals surface area (Å²) in [7, 11) is -2.23. The topological polar surface area (TPSA) is 60.9 Å². The molecule has 0 radical (unpaired) electrons. The van der Waals surface area contributed by atoms with Crippen molar-refractivity contribution in [3.05, 3.63) is 60.2 Å². The van der Waals surface area contributed by atoms with E-state index in [2.05, 4.69) is 18.7 Å². The summed E-state index contributed by atoms with van der Waals surface area (Å²) in [5.74, 6) is -0.122. The van der Waals surface area contributed by atoms with E-state index in [1.54, 1.807) is 41.3 Å². The molecule has 0 N–H and O–H groups in total. The summed E-state index contributed by atoms with van der Waals surface area (Å²) < 4.78 is 27.2. The number of piperazine rings is 1. The van der Waals surface area contributed by atoms with Crippen LogP contribution in [0.2, 0.25) is 0 Å². The number of amides is 1. The lowest BCUT2D eigenvalue weighted by Gasteiger charge is -2.37. The van der Waals surface area contributed by atoms with Crippen LogP contribution in [0.15, 0.2) is 59.5 Å². The van der Waals surface area contributed by atoms with Crippen LogP contribution in [0.5, 0.6) is 0 Å². The van der Waals surface area contributed by atoms with Crippen molar-refractivity contribution in [1.82, 2.24) is 9.80 Å². The molecule has 0 aliphatic carbocycles. The minimum absolute atomic E-state index is 0.116. The second-order valence-corrected chi connectivity index (χ2v) is 9.23. The number of hydrogen-bond acceptors (Lipinski definition) is 4. The summed E-state index contributed by atoms with van der Waals surface area (Å²) in [6.07, 6.45) is 0. The lowest BCUT2D eigenvalue weighted by Crippen LogP contribution is -2.50. The molecule has 1 aliphatic heterocycles. The Morgan fingerprint density at radius 1 is 0.964 bits per heavy atom. The number of carbonyl (C=O) groups is 1. The lowest BCUT2D eigenvalue weighted by molar-refractivity contribution is 0.0595. The Balaban J connectivity index is 1.79. The molecule has 150 valence electrons. The van der Waals surface area contributed by atoms with Crippen molar-refractivity contribution in [3.8, 4) is 0 Å². The summed E-state index contributed by atoms with van der Waals surface area (Å²) in [5, 5.41) is 0. The van der Waals surface area contributed by atoms with E-state index in [-0.39, 0.29) is 10.8 Å². The first kappa shape index (κ1) is 20.4. The Morgan fingerprint density at radius 2 is 1.61 bits per heavy atom. The van der Waals surface area contributed by atoms with Gasteiger partial charge in [-0.25, -0.2) is 8.42 Å². The summed E-state index contributed by atoms with van der Waals surface area (Å²) >= 11 is 0. The molecule has 1 saturated heterocycles. The number of rotatable bonds is 5. The van der Waals surface area contributed by atoms with E-state index in [4.69, 9.17) is 0 Å². The van der Waals surface area contributed by atoms with Crippen molar-refractivity contribution in [1.29, 1.82) is 0 Å². The van der Waals surface area contributed by atoms with E-state index < -0.39 is 10.0 Å². The quantitative estimate of drug-likeness (QED) is 0.773. The molecule has 0 unspecified atom stereocenters. The van der Waals surface area contributed by atoms with Crippen molar-refractivity contribution in [2.45, 2.75) is 24.8 Å². The second kappa shape index (κ2) is 8.32. The normalized spacial score (nSPS) is 15.6. The third-order valence-corrected chi connectivity index (χ3v) is 6.97. The van der Waals surface area contributed by atoms with Crippen LogP contribution in [-0.4, -0.2) is 63.4 Å². The molecule has 1 heterocycles. The number of para-hydroxylation sites is 1. The number of carbonyl (C=O) groups excluding carboxylic acids is 1. The molecule has 0 spiro atoms. The van der Waals surface area contributed by atoms with Gasteiger partial charge < -0.3 is 4.90 Å². The molecule has 0 bridgehead atoms. The maximum atomic E-state index is 13.0. The van der Waals surface area contributed by atoms with Gasteiger partial charge in [-0.15, -0.1) is 0 Å². The van der Waals surface area contributed by atoms with Gasteiger partial charge in [0.25, 0.3) is 15.9 Å². The Labute approximate surface area is 167 Å². The molecule has 6 nitrogen and oxygen atoms in total. The summed E-state index contributed by atoms with van der Waals surface area (Å²) in [6.45, 7) is 7.26. The highest BCUT2D eigenvalue weighted by Crippen LogP contribution is 2.23. The van der Waals surface area contributed by atoms with E-state index in [1.807, 2.05) is 6.07 Å². The minimum Gasteiger partial charge on any atom is -0.336 e. The molecule has 7 heteroatoms. The molecule has 2 aromatic rings. The van der Waals surface area contributed by atoms with E-state index in [0.29, 0.717) is 30.4 Å². The van der Waals surface area contributed by atoms with Crippen LogP contribution in [0.3, 0.4) is 0 Å². The molecule has 0 atom stereocenters. The van der Waals surface area contributed by atoms with Gasteiger partial charge in [-0.2, -0.15) is 0 Å². The Kier molecular flexibility index (Phi) is 6.05. The molecular weight excluding hydrogens is 374 g/mol. The highest BCUT2D eigenvalue weighted by molar-refractivity contribution is 7.92. The van der Waals surface area contributed by atoms with Crippen molar-refractivity contribution >= 4 is 21.6 Å². The van der Waals surface area contributed by atoms with Crippen LogP contribution in [0.4, 0.5) is 5.69 Å². The summed E-state index contributed by atoms with van der Waals surface area (Å²) in [6, 6.07) is 15.7. The van der Waals surface area contributed by atoms with Gasteiger partial charge in [0.1, 0.15) is 0 Å². The van der Waals surface area contributed by atoms with Gasteiger partial charge in [0.05, 0.1) is 10.6 Å². The zero-order chi connectivity index (χ0) is 20.3. The highest BCUT2D eigenvalue weighted by atomic mass is 32.2. The first-order valence-corrected chi connectivity index (χ1v) is 10.9. The summed E-state index contributed by atoms with van der Waals surface area (Å²) in [5.41, 5.74) is 0.976. The number of benzene rings is 2. The van der Waals surface area contributed by atoms with Gasteiger partial charge in [0.15, 0.2) is 0 Å². The molecule has 0 saturated carbocycles. The monoisotopic (exact) mass is 401 g/mol. The molecule has 3 rings (SSSR count). The molecule has 2 aromatic carbocycles. The average Bonchev–Trinajstić information content (AvgIpc) is 2.73. The molecule has 28 heavy (non-hydrogen) atoms. The fourth-order valence-electron chi connectivity index (χ4n) is 3.35. The van der Waals surface area contributed by atoms with Crippen molar-refractivity contribution in [2.24, 2.45) is 0 Å². The van der Waals surface area contributed by atoms with Crippen LogP contribution in [0.1, 0.15) is 24.2 Å². The van der Waals surface area contributed by atoms with Crippen LogP contribution in [0, 0.1) is 0 Å². The van der Waals surface area contributed by atoms with Crippen LogP contribution in [-0.2, 0) is 10.0 Å². The Morgan fingerprint density at radius 3 is 2.21 bits per heavy atom. The molecule has 0 aromatic heterocycles. The number of anilines is 1. The summed E-state index contributed by atoms with van der Waals surface area (Å²) in [4.78, 5) is 17.1. The maximum absolute atomic E-state index is 13.0. The highest BCUT2D eigenvalue weighted by Gasteiger charge is 2.26. The van der Waals surface area contributed by atoms with Gasteiger partial charge in [0.2, 0.25) is 0 Å². The van der Waals surface area contributed by atoms with E-state index in [1.165, 1.54) is 23.5 Å². The largest absolute Gasteiger partial charge is 0.336 e. The van der Waals surface area contributed by atoms with Crippen LogP contribution >= 0.6 is 0 Å². The second-order valence-electron chi connectivity index (χ2n) is 7.26. The number of sulfonamides is 1. The molecule has 1 amide bonds. The van der Waals surface area contributed by atoms with Gasteiger partial charge in [-0.3, -0.25) is 14.0 Å². The molecular formula is C21H27N3O3S.